The van der Waals surface area contributed by atoms with Crippen LogP contribution in [0.5, 0.6) is 5.75 Å². The molecule has 1 aromatic heterocycles. The quantitative estimate of drug-likeness (QED) is 0.629. The molecule has 2 heterocycles. The summed E-state index contributed by atoms with van der Waals surface area (Å²) in [5, 5.41) is 3.99. The Kier molecular flexibility index (Phi) is 5.79. The lowest BCUT2D eigenvalue weighted by atomic mass is 9.98. The highest BCUT2D eigenvalue weighted by molar-refractivity contribution is 5.78. The Morgan fingerprint density at radius 2 is 2.00 bits per heavy atom. The minimum Gasteiger partial charge on any atom is -0.483 e. The average Bonchev–Trinajstić information content (AvgIpc) is 3.24. The summed E-state index contributed by atoms with van der Waals surface area (Å²) < 4.78 is 24.7. The van der Waals surface area contributed by atoms with Crippen LogP contribution < -0.4 is 4.74 Å². The van der Waals surface area contributed by atoms with Gasteiger partial charge >= 0.3 is 0 Å². The van der Waals surface area contributed by atoms with E-state index in [2.05, 4.69) is 10.1 Å². The third kappa shape index (κ3) is 4.35. The molecule has 3 aromatic rings. The lowest BCUT2D eigenvalue weighted by Crippen LogP contribution is -2.41. The fraction of sp³-hybridized carbons (Fsp3) is 0.348. The number of rotatable bonds is 5. The fourth-order valence-corrected chi connectivity index (χ4v) is 3.80. The van der Waals surface area contributed by atoms with E-state index in [1.54, 1.807) is 17.0 Å². The van der Waals surface area contributed by atoms with Gasteiger partial charge in [0.2, 0.25) is 11.7 Å². The summed E-state index contributed by atoms with van der Waals surface area (Å²) in [4.78, 5) is 19.0. The molecule has 0 N–H and O–H groups in total. The van der Waals surface area contributed by atoms with Crippen molar-refractivity contribution in [1.82, 2.24) is 15.0 Å². The molecule has 0 spiro atoms. The van der Waals surface area contributed by atoms with Gasteiger partial charge in [-0.15, -0.1) is 0 Å². The lowest BCUT2D eigenvalue weighted by Gasteiger charge is -2.31. The number of ether oxygens (including phenoxy) is 1. The average molecular weight is 409 g/mol. The van der Waals surface area contributed by atoms with Crippen LogP contribution in [0.25, 0.3) is 11.4 Å². The van der Waals surface area contributed by atoms with Crippen molar-refractivity contribution < 1.29 is 18.4 Å². The number of para-hydroxylation sites is 1. The lowest BCUT2D eigenvalue weighted by molar-refractivity contribution is -0.134. The van der Waals surface area contributed by atoms with Crippen molar-refractivity contribution in [2.45, 2.75) is 32.6 Å². The van der Waals surface area contributed by atoms with Gasteiger partial charge in [-0.2, -0.15) is 4.98 Å². The van der Waals surface area contributed by atoms with Gasteiger partial charge in [0.15, 0.2) is 6.61 Å². The smallest absolute Gasteiger partial charge is 0.260 e. The summed E-state index contributed by atoms with van der Waals surface area (Å²) in [6.07, 6.45) is 1.70. The maximum Gasteiger partial charge on any atom is 0.260 e. The number of carbonyl (C=O) groups is 1. The van der Waals surface area contributed by atoms with E-state index in [0.717, 1.165) is 29.7 Å². The maximum absolute atomic E-state index is 13.5. The van der Waals surface area contributed by atoms with E-state index in [4.69, 9.17) is 9.26 Å². The second-order valence-corrected chi connectivity index (χ2v) is 7.66. The molecule has 2 aromatic carbocycles. The van der Waals surface area contributed by atoms with Crippen LogP contribution in [0.3, 0.4) is 0 Å². The summed E-state index contributed by atoms with van der Waals surface area (Å²) in [6.45, 7) is 5.11. The topological polar surface area (TPSA) is 68.5 Å². The van der Waals surface area contributed by atoms with Crippen LogP contribution in [0.1, 0.15) is 35.8 Å². The normalized spacial score (nSPS) is 16.5. The summed E-state index contributed by atoms with van der Waals surface area (Å²) in [5.74, 6) is 1.13. The number of hydrogen-bond donors (Lipinski definition) is 0. The van der Waals surface area contributed by atoms with E-state index in [0.29, 0.717) is 30.4 Å². The van der Waals surface area contributed by atoms with E-state index < -0.39 is 0 Å². The Morgan fingerprint density at radius 1 is 1.23 bits per heavy atom. The first-order valence-corrected chi connectivity index (χ1v) is 10.1. The van der Waals surface area contributed by atoms with Gasteiger partial charge in [0.1, 0.15) is 11.6 Å². The van der Waals surface area contributed by atoms with E-state index in [-0.39, 0.29) is 24.2 Å². The Morgan fingerprint density at radius 3 is 2.77 bits per heavy atom. The number of aromatic nitrogens is 2. The standard InChI is InChI=1S/C23H24FN3O3/c1-15-6-3-7-16(2)21(15)29-14-20(28)27-11-5-9-18(13-27)23-25-22(26-30-23)17-8-4-10-19(24)12-17/h3-4,6-8,10,12,18H,5,9,11,13-14H2,1-2H3. The number of piperidine rings is 1. The molecule has 0 saturated carbocycles. The first-order chi connectivity index (χ1) is 14.5. The first kappa shape index (κ1) is 20.1. The van der Waals surface area contributed by atoms with E-state index in [1.165, 1.54) is 12.1 Å². The highest BCUT2D eigenvalue weighted by atomic mass is 19.1. The number of halogens is 1. The summed E-state index contributed by atoms with van der Waals surface area (Å²) >= 11 is 0. The van der Waals surface area contributed by atoms with Crippen LogP contribution in [0.2, 0.25) is 0 Å². The number of amides is 1. The second kappa shape index (κ2) is 8.65. The molecule has 0 bridgehead atoms. The van der Waals surface area contributed by atoms with Gasteiger partial charge in [-0.3, -0.25) is 4.79 Å². The van der Waals surface area contributed by atoms with Crippen molar-refractivity contribution in [3.8, 4) is 17.1 Å². The molecule has 0 radical (unpaired) electrons. The Hall–Kier alpha value is -3.22. The number of hydrogen-bond acceptors (Lipinski definition) is 5. The van der Waals surface area contributed by atoms with Gasteiger partial charge in [0, 0.05) is 18.7 Å². The van der Waals surface area contributed by atoms with Crippen molar-refractivity contribution in [3.63, 3.8) is 0 Å². The molecule has 1 atom stereocenters. The van der Waals surface area contributed by atoms with Crippen molar-refractivity contribution >= 4 is 5.91 Å². The molecule has 156 valence electrons. The van der Waals surface area contributed by atoms with Gasteiger partial charge in [0.25, 0.3) is 5.91 Å². The zero-order valence-electron chi connectivity index (χ0n) is 17.1. The van der Waals surface area contributed by atoms with Crippen LogP contribution in [0, 0.1) is 19.7 Å². The molecule has 1 unspecified atom stereocenters. The molecule has 1 aliphatic rings. The molecule has 6 nitrogen and oxygen atoms in total. The largest absolute Gasteiger partial charge is 0.483 e. The van der Waals surface area contributed by atoms with Crippen LogP contribution in [-0.2, 0) is 4.79 Å². The molecule has 7 heteroatoms. The molecule has 0 aliphatic carbocycles. The molecule has 30 heavy (non-hydrogen) atoms. The van der Waals surface area contributed by atoms with E-state index in [9.17, 15) is 9.18 Å². The first-order valence-electron chi connectivity index (χ1n) is 10.1. The second-order valence-electron chi connectivity index (χ2n) is 7.66. The van der Waals surface area contributed by atoms with Gasteiger partial charge in [0.05, 0.1) is 5.92 Å². The maximum atomic E-state index is 13.5. The van der Waals surface area contributed by atoms with Crippen LogP contribution >= 0.6 is 0 Å². The van der Waals surface area contributed by atoms with Gasteiger partial charge < -0.3 is 14.2 Å². The highest BCUT2D eigenvalue weighted by Crippen LogP contribution is 2.28. The third-order valence-corrected chi connectivity index (χ3v) is 5.40. The molecule has 1 fully saturated rings. The van der Waals surface area contributed by atoms with Crippen LogP contribution in [0.4, 0.5) is 4.39 Å². The zero-order chi connectivity index (χ0) is 21.1. The zero-order valence-corrected chi connectivity index (χ0v) is 17.1. The predicted molar refractivity (Wildman–Crippen MR) is 110 cm³/mol. The molecule has 1 amide bonds. The molecular formula is C23H24FN3O3. The monoisotopic (exact) mass is 409 g/mol. The van der Waals surface area contributed by atoms with E-state index >= 15 is 0 Å². The van der Waals surface area contributed by atoms with Crippen molar-refractivity contribution in [1.29, 1.82) is 0 Å². The van der Waals surface area contributed by atoms with Gasteiger partial charge in [-0.05, 0) is 49.9 Å². The third-order valence-electron chi connectivity index (χ3n) is 5.40. The summed E-state index contributed by atoms with van der Waals surface area (Å²) in [7, 11) is 0. The number of nitrogens with zero attached hydrogens (tertiary/aromatic N) is 3. The Labute approximate surface area is 174 Å². The van der Waals surface area contributed by atoms with E-state index in [1.807, 2.05) is 32.0 Å². The van der Waals surface area contributed by atoms with Crippen molar-refractivity contribution in [2.75, 3.05) is 19.7 Å². The number of carbonyl (C=O) groups excluding carboxylic acids is 1. The Balaban J connectivity index is 1.40. The SMILES string of the molecule is Cc1cccc(C)c1OCC(=O)N1CCCC(c2nc(-c3cccc(F)c3)no2)C1. The molecule has 1 aliphatic heterocycles. The summed E-state index contributed by atoms with van der Waals surface area (Å²) in [5.41, 5.74) is 2.58. The fourth-order valence-electron chi connectivity index (χ4n) is 3.80. The number of benzene rings is 2. The number of aryl methyl sites for hydroxylation is 2. The Bertz CT molecular complexity index is 1030. The number of likely N-dealkylation sites (tertiary alicyclic amines) is 1. The minimum atomic E-state index is -0.350. The predicted octanol–water partition coefficient (Wildman–Crippen LogP) is 4.28. The van der Waals surface area contributed by atoms with Crippen molar-refractivity contribution in [2.24, 2.45) is 0 Å². The van der Waals surface area contributed by atoms with Gasteiger partial charge in [-0.25, -0.2) is 4.39 Å². The van der Waals surface area contributed by atoms with Gasteiger partial charge in [-0.1, -0.05) is 35.5 Å². The molecule has 4 rings (SSSR count). The highest BCUT2D eigenvalue weighted by Gasteiger charge is 2.29. The summed E-state index contributed by atoms with van der Waals surface area (Å²) in [6, 6.07) is 12.0. The van der Waals surface area contributed by atoms with Crippen LogP contribution in [0.15, 0.2) is 47.0 Å². The van der Waals surface area contributed by atoms with Crippen molar-refractivity contribution in [3.05, 3.63) is 65.3 Å². The minimum absolute atomic E-state index is 0.00319. The molecule has 1 saturated heterocycles. The molecular weight excluding hydrogens is 385 g/mol. The van der Waals surface area contributed by atoms with Crippen LogP contribution in [-0.4, -0.2) is 40.6 Å².